The molecule has 3 rings (SSSR count). The highest BCUT2D eigenvalue weighted by Crippen LogP contribution is 2.24. The summed E-state index contributed by atoms with van der Waals surface area (Å²) < 4.78 is 13.9. The minimum Gasteiger partial charge on any atom is -0.339 e. The van der Waals surface area contributed by atoms with Crippen molar-refractivity contribution in [1.82, 2.24) is 15.5 Å². The van der Waals surface area contributed by atoms with E-state index in [-0.39, 0.29) is 23.2 Å². The van der Waals surface area contributed by atoms with Crippen molar-refractivity contribution < 1.29 is 14.0 Å². The lowest BCUT2D eigenvalue weighted by Crippen LogP contribution is -2.41. The molecular formula is C17H19FN4O2. The Morgan fingerprint density at radius 2 is 2.17 bits per heavy atom. The first kappa shape index (κ1) is 16.2. The Morgan fingerprint density at radius 3 is 2.83 bits per heavy atom. The Balaban J connectivity index is 1.69. The van der Waals surface area contributed by atoms with Gasteiger partial charge in [0.05, 0.1) is 5.69 Å². The molecule has 1 aromatic heterocycles. The van der Waals surface area contributed by atoms with E-state index >= 15 is 0 Å². The largest absolute Gasteiger partial charge is 0.339 e. The van der Waals surface area contributed by atoms with Crippen LogP contribution in [-0.2, 0) is 4.79 Å². The van der Waals surface area contributed by atoms with Crippen molar-refractivity contribution >= 4 is 17.5 Å². The molecule has 0 unspecified atom stereocenters. The molecule has 0 aliphatic carbocycles. The number of carbonyl (C=O) groups is 2. The van der Waals surface area contributed by atoms with Gasteiger partial charge in [0.25, 0.3) is 5.91 Å². The van der Waals surface area contributed by atoms with Crippen LogP contribution in [-0.4, -0.2) is 34.6 Å². The molecule has 24 heavy (non-hydrogen) atoms. The van der Waals surface area contributed by atoms with Crippen LogP contribution in [0.3, 0.4) is 0 Å². The smallest absolute Gasteiger partial charge is 0.272 e. The quantitative estimate of drug-likeness (QED) is 0.902. The number of amides is 2. The molecule has 1 fully saturated rings. The first-order valence-electron chi connectivity index (χ1n) is 7.89. The van der Waals surface area contributed by atoms with Gasteiger partial charge in [-0.3, -0.25) is 14.7 Å². The monoisotopic (exact) mass is 330 g/mol. The molecule has 1 aliphatic rings. The zero-order chi connectivity index (χ0) is 17.3. The number of nitrogens with zero attached hydrogens (tertiary/aromatic N) is 2. The summed E-state index contributed by atoms with van der Waals surface area (Å²) in [5.74, 6) is -0.949. The number of anilines is 1. The molecule has 7 heteroatoms. The van der Waals surface area contributed by atoms with E-state index in [4.69, 9.17) is 0 Å². The normalized spacial score (nSPS) is 17.6. The van der Waals surface area contributed by atoms with Gasteiger partial charge in [-0.05, 0) is 30.5 Å². The summed E-state index contributed by atoms with van der Waals surface area (Å²) in [7, 11) is 0. The molecule has 0 radical (unpaired) electrons. The van der Waals surface area contributed by atoms with Crippen molar-refractivity contribution in [2.45, 2.75) is 32.2 Å². The van der Waals surface area contributed by atoms with Gasteiger partial charge >= 0.3 is 0 Å². The maximum Gasteiger partial charge on any atom is 0.272 e. The van der Waals surface area contributed by atoms with Crippen molar-refractivity contribution in [2.24, 2.45) is 0 Å². The second-order valence-electron chi connectivity index (χ2n) is 6.12. The van der Waals surface area contributed by atoms with Crippen LogP contribution in [0.15, 0.2) is 30.3 Å². The van der Waals surface area contributed by atoms with Gasteiger partial charge in [-0.15, -0.1) is 0 Å². The zero-order valence-electron chi connectivity index (χ0n) is 13.5. The molecule has 1 atom stereocenters. The minimum absolute atomic E-state index is 0.226. The average Bonchev–Trinajstić information content (AvgIpc) is 3.17. The summed E-state index contributed by atoms with van der Waals surface area (Å²) >= 11 is 0. The van der Waals surface area contributed by atoms with Crippen molar-refractivity contribution in [1.29, 1.82) is 0 Å². The van der Waals surface area contributed by atoms with Gasteiger partial charge in [0.1, 0.15) is 17.6 Å². The van der Waals surface area contributed by atoms with Crippen LogP contribution in [0, 0.1) is 5.82 Å². The number of carbonyl (C=O) groups excluding carboxylic acids is 2. The van der Waals surface area contributed by atoms with Gasteiger partial charge in [-0.2, -0.15) is 5.10 Å². The summed E-state index contributed by atoms with van der Waals surface area (Å²) in [6.07, 6.45) is 0.431. The summed E-state index contributed by atoms with van der Waals surface area (Å²) in [5.41, 5.74) is 1.34. The molecule has 2 amide bonds. The highest BCUT2D eigenvalue weighted by Gasteiger charge is 2.35. The van der Waals surface area contributed by atoms with Crippen molar-refractivity contribution in [2.75, 3.05) is 11.4 Å². The fourth-order valence-corrected chi connectivity index (χ4v) is 2.70. The first-order chi connectivity index (χ1) is 11.5. The minimum atomic E-state index is -0.670. The fourth-order valence-electron chi connectivity index (χ4n) is 2.70. The van der Waals surface area contributed by atoms with Crippen LogP contribution in [0.25, 0.3) is 0 Å². The molecule has 1 aliphatic heterocycles. The second-order valence-corrected chi connectivity index (χ2v) is 6.12. The van der Waals surface area contributed by atoms with E-state index in [1.54, 1.807) is 24.3 Å². The molecule has 0 bridgehead atoms. The molecule has 6 nitrogen and oxygen atoms in total. The number of nitrogens with one attached hydrogen (secondary N) is 2. The number of benzene rings is 1. The van der Waals surface area contributed by atoms with E-state index in [9.17, 15) is 14.0 Å². The van der Waals surface area contributed by atoms with Crippen LogP contribution in [0.1, 0.15) is 42.4 Å². The van der Waals surface area contributed by atoms with Gasteiger partial charge in [0.2, 0.25) is 5.91 Å². The number of H-pyrrole nitrogens is 1. The highest BCUT2D eigenvalue weighted by molar-refractivity contribution is 6.03. The molecule has 2 heterocycles. The van der Waals surface area contributed by atoms with E-state index in [1.165, 1.54) is 11.0 Å². The number of halogens is 1. The Hall–Kier alpha value is -2.70. The van der Waals surface area contributed by atoms with Crippen LogP contribution in [0.5, 0.6) is 0 Å². The molecule has 2 aromatic rings. The lowest BCUT2D eigenvalue weighted by atomic mass is 10.1. The van der Waals surface area contributed by atoms with Crippen LogP contribution in [0.2, 0.25) is 0 Å². The lowest BCUT2D eigenvalue weighted by molar-refractivity contribution is -0.118. The Bertz CT molecular complexity index is 771. The standard InChI is InChI=1S/C17H19FN4O2/c1-10(2)13-9-14(21-20-13)16(23)19-12-7-8-22(17(12)24)15-6-4-3-5-11(15)18/h3-6,9-10,12H,7-8H2,1-2H3,(H,19,23)(H,20,21)/t12-/m1/s1. The predicted molar refractivity (Wildman–Crippen MR) is 87.3 cm³/mol. The molecular weight excluding hydrogens is 311 g/mol. The third kappa shape index (κ3) is 3.02. The van der Waals surface area contributed by atoms with Gasteiger partial charge < -0.3 is 10.2 Å². The summed E-state index contributed by atoms with van der Waals surface area (Å²) in [5, 5.41) is 9.46. The SMILES string of the molecule is CC(C)c1cc(C(=O)N[C@@H]2CCN(c3ccccc3F)C2=O)n[nH]1. The zero-order valence-corrected chi connectivity index (χ0v) is 13.5. The number of hydrogen-bond donors (Lipinski definition) is 2. The number of rotatable bonds is 4. The fraction of sp³-hybridized carbons (Fsp3) is 0.353. The second kappa shape index (κ2) is 6.43. The predicted octanol–water partition coefficient (Wildman–Crippen LogP) is 2.21. The van der Waals surface area contributed by atoms with Gasteiger partial charge in [0, 0.05) is 12.2 Å². The van der Waals surface area contributed by atoms with Gasteiger partial charge in [0.15, 0.2) is 0 Å². The lowest BCUT2D eigenvalue weighted by Gasteiger charge is -2.17. The molecule has 1 aromatic carbocycles. The van der Waals surface area contributed by atoms with Crippen LogP contribution in [0.4, 0.5) is 10.1 Å². The molecule has 126 valence electrons. The van der Waals surface area contributed by atoms with Crippen molar-refractivity contribution in [3.63, 3.8) is 0 Å². The third-order valence-corrected chi connectivity index (χ3v) is 4.11. The van der Waals surface area contributed by atoms with Crippen molar-refractivity contribution in [3.8, 4) is 0 Å². The number of aromatic nitrogens is 2. The van der Waals surface area contributed by atoms with Crippen LogP contribution < -0.4 is 10.2 Å². The Kier molecular flexibility index (Phi) is 4.33. The average molecular weight is 330 g/mol. The van der Waals surface area contributed by atoms with E-state index < -0.39 is 17.8 Å². The van der Waals surface area contributed by atoms with E-state index in [1.807, 2.05) is 13.8 Å². The third-order valence-electron chi connectivity index (χ3n) is 4.11. The first-order valence-corrected chi connectivity index (χ1v) is 7.89. The summed E-state index contributed by atoms with van der Waals surface area (Å²) in [4.78, 5) is 26.1. The number of hydrogen-bond acceptors (Lipinski definition) is 3. The van der Waals surface area contributed by atoms with E-state index in [0.29, 0.717) is 13.0 Å². The molecule has 1 saturated heterocycles. The Labute approximate surface area is 139 Å². The van der Waals surface area contributed by atoms with E-state index in [2.05, 4.69) is 15.5 Å². The Morgan fingerprint density at radius 1 is 1.42 bits per heavy atom. The summed E-state index contributed by atoms with van der Waals surface area (Å²) in [6, 6.07) is 7.12. The topological polar surface area (TPSA) is 78.1 Å². The number of aromatic amines is 1. The van der Waals surface area contributed by atoms with E-state index in [0.717, 1.165) is 5.69 Å². The number of para-hydroxylation sites is 1. The molecule has 2 N–H and O–H groups in total. The van der Waals surface area contributed by atoms with Crippen molar-refractivity contribution in [3.05, 3.63) is 47.5 Å². The summed E-state index contributed by atoms with van der Waals surface area (Å²) in [6.45, 7) is 4.34. The highest BCUT2D eigenvalue weighted by atomic mass is 19.1. The molecule has 0 saturated carbocycles. The van der Waals surface area contributed by atoms with Gasteiger partial charge in [-0.1, -0.05) is 26.0 Å². The van der Waals surface area contributed by atoms with Gasteiger partial charge in [-0.25, -0.2) is 4.39 Å². The van der Waals surface area contributed by atoms with Crippen LogP contribution >= 0.6 is 0 Å². The molecule has 0 spiro atoms. The maximum atomic E-state index is 13.9. The maximum absolute atomic E-state index is 13.9.